The van der Waals surface area contributed by atoms with E-state index in [0.717, 1.165) is 12.1 Å². The number of ketones is 2. The molecule has 212 valence electrons. The smallest absolute Gasteiger partial charge is 0.416 e. The molecule has 7 heteroatoms. The van der Waals surface area contributed by atoms with E-state index in [9.17, 15) is 33.0 Å². The van der Waals surface area contributed by atoms with Crippen LogP contribution in [0.1, 0.15) is 97.6 Å². The number of hydrogen-bond donors (Lipinski definition) is 2. The number of hydrogen-bond acceptors (Lipinski definition) is 4. The van der Waals surface area contributed by atoms with Crippen molar-refractivity contribution in [2.24, 2.45) is 23.2 Å². The summed E-state index contributed by atoms with van der Waals surface area (Å²) >= 11 is 0. The highest BCUT2D eigenvalue weighted by Gasteiger charge is 2.50. The Bertz CT molecular complexity index is 1030. The number of carbonyl (C=O) groups is 2. The van der Waals surface area contributed by atoms with Gasteiger partial charge in [0.1, 0.15) is 17.1 Å². The fourth-order valence-electron chi connectivity index (χ4n) is 4.84. The van der Waals surface area contributed by atoms with Crippen LogP contribution in [0.2, 0.25) is 0 Å². The molecule has 0 aliphatic heterocycles. The Morgan fingerprint density at radius 2 is 1.34 bits per heavy atom. The number of alkyl halides is 3. The Morgan fingerprint density at radius 1 is 0.842 bits per heavy atom. The fraction of sp³-hybridized carbons (Fsp3) is 0.613. The van der Waals surface area contributed by atoms with E-state index in [0.29, 0.717) is 44.1 Å². The molecule has 0 spiro atoms. The topological polar surface area (TPSA) is 74.6 Å². The number of aliphatic hydroxyl groups is 2. The maximum Gasteiger partial charge on any atom is 0.416 e. The quantitative estimate of drug-likeness (QED) is 0.247. The summed E-state index contributed by atoms with van der Waals surface area (Å²) in [6.45, 7) is 12.2. The summed E-state index contributed by atoms with van der Waals surface area (Å²) in [6.07, 6.45) is -1.39. The fourth-order valence-corrected chi connectivity index (χ4v) is 4.84. The summed E-state index contributed by atoms with van der Waals surface area (Å²) < 4.78 is 38.7. The highest BCUT2D eigenvalue weighted by atomic mass is 19.4. The first kappa shape index (κ1) is 31.6. The molecule has 0 unspecified atom stereocenters. The van der Waals surface area contributed by atoms with E-state index in [-0.39, 0.29) is 47.5 Å². The van der Waals surface area contributed by atoms with Crippen LogP contribution in [-0.4, -0.2) is 21.8 Å². The number of allylic oxidation sites excluding steroid dienone is 3. The minimum absolute atomic E-state index is 0.110. The maximum atomic E-state index is 14.0. The molecular weight excluding hydrogens is 493 g/mol. The minimum Gasteiger partial charge on any atom is -0.511 e. The lowest BCUT2D eigenvalue weighted by atomic mass is 9.64. The number of aryl methyl sites for hydroxylation is 1. The van der Waals surface area contributed by atoms with Gasteiger partial charge in [-0.3, -0.25) is 9.59 Å². The van der Waals surface area contributed by atoms with Crippen LogP contribution in [0.4, 0.5) is 13.2 Å². The summed E-state index contributed by atoms with van der Waals surface area (Å²) in [5, 5.41) is 22.7. The average molecular weight is 537 g/mol. The molecule has 0 saturated carbocycles. The van der Waals surface area contributed by atoms with Crippen LogP contribution < -0.4 is 0 Å². The minimum atomic E-state index is -4.45. The Kier molecular flexibility index (Phi) is 10.8. The molecule has 2 rings (SSSR count). The first-order valence-corrected chi connectivity index (χ1v) is 13.7. The molecule has 1 aliphatic rings. The monoisotopic (exact) mass is 536 g/mol. The second-order valence-corrected chi connectivity index (χ2v) is 11.9. The number of rotatable bonds is 13. The number of benzene rings is 1. The van der Waals surface area contributed by atoms with Gasteiger partial charge in [0, 0.05) is 12.0 Å². The molecule has 0 radical (unpaired) electrons. The van der Waals surface area contributed by atoms with E-state index >= 15 is 0 Å². The number of halogens is 3. The lowest BCUT2D eigenvalue weighted by Crippen LogP contribution is -2.41. The van der Waals surface area contributed by atoms with Crippen molar-refractivity contribution >= 4 is 11.6 Å². The molecule has 1 aliphatic carbocycles. The van der Waals surface area contributed by atoms with Gasteiger partial charge in [-0.1, -0.05) is 53.7 Å². The van der Waals surface area contributed by atoms with Gasteiger partial charge in [0.05, 0.1) is 11.0 Å². The summed E-state index contributed by atoms with van der Waals surface area (Å²) in [7, 11) is 0. The lowest BCUT2D eigenvalue weighted by Gasteiger charge is -2.38. The standard InChI is InChI=1S/C31H43F3O4/c1-19(2)7-13-24-27(36)26(25(35)14-10-22-8-11-23(12-9-22)31(32,33)34)29(38)30(28(24)37,17-15-20(3)4)18-16-21(5)6/h8-9,11-12,19-21,36-37H,7,10,13-18H2,1-6H3. The Balaban J connectivity index is 2.47. The Morgan fingerprint density at radius 3 is 1.79 bits per heavy atom. The van der Waals surface area contributed by atoms with Gasteiger partial charge in [-0.25, -0.2) is 0 Å². The van der Waals surface area contributed by atoms with E-state index in [2.05, 4.69) is 0 Å². The molecule has 0 atom stereocenters. The maximum absolute atomic E-state index is 14.0. The van der Waals surface area contributed by atoms with Gasteiger partial charge in [0.15, 0.2) is 11.6 Å². The molecule has 1 aromatic rings. The van der Waals surface area contributed by atoms with Crippen molar-refractivity contribution in [1.29, 1.82) is 0 Å². The summed E-state index contributed by atoms with van der Waals surface area (Å²) in [6, 6.07) is 4.58. The second kappa shape index (κ2) is 13.0. The molecular formula is C31H43F3O4. The lowest BCUT2D eigenvalue weighted by molar-refractivity contribution is -0.137. The van der Waals surface area contributed by atoms with E-state index in [1.165, 1.54) is 12.1 Å². The van der Waals surface area contributed by atoms with Gasteiger partial charge in [0.25, 0.3) is 0 Å². The summed E-state index contributed by atoms with van der Waals surface area (Å²) in [5.74, 6) is -0.843. The zero-order valence-corrected chi connectivity index (χ0v) is 23.5. The zero-order valence-electron chi connectivity index (χ0n) is 23.5. The van der Waals surface area contributed by atoms with Crippen molar-refractivity contribution in [1.82, 2.24) is 0 Å². The van der Waals surface area contributed by atoms with Crippen LogP contribution in [0.3, 0.4) is 0 Å². The SMILES string of the molecule is CC(C)CCC1=C(O)C(CCC(C)C)(CCC(C)C)C(=O)C(C(=O)CCc2ccc(C(F)(F)F)cc2)=C1O. The second-order valence-electron chi connectivity index (χ2n) is 11.9. The van der Waals surface area contributed by atoms with Crippen LogP contribution in [0, 0.1) is 23.2 Å². The third kappa shape index (κ3) is 7.73. The largest absolute Gasteiger partial charge is 0.511 e. The molecule has 0 heterocycles. The van der Waals surface area contributed by atoms with E-state index in [1.54, 1.807) is 0 Å². The van der Waals surface area contributed by atoms with E-state index in [1.807, 2.05) is 41.5 Å². The molecule has 1 aromatic carbocycles. The third-order valence-corrected chi connectivity index (χ3v) is 7.39. The highest BCUT2D eigenvalue weighted by molar-refractivity contribution is 6.24. The third-order valence-electron chi connectivity index (χ3n) is 7.39. The van der Waals surface area contributed by atoms with Crippen molar-refractivity contribution in [2.45, 2.75) is 99.1 Å². The van der Waals surface area contributed by atoms with Crippen molar-refractivity contribution < 1.29 is 33.0 Å². The van der Waals surface area contributed by atoms with Crippen molar-refractivity contribution in [3.8, 4) is 0 Å². The van der Waals surface area contributed by atoms with Crippen LogP contribution in [0.5, 0.6) is 0 Å². The van der Waals surface area contributed by atoms with Gasteiger partial charge >= 0.3 is 6.18 Å². The summed E-state index contributed by atoms with van der Waals surface area (Å²) in [4.78, 5) is 27.5. The molecule has 38 heavy (non-hydrogen) atoms. The predicted octanol–water partition coefficient (Wildman–Crippen LogP) is 8.71. The van der Waals surface area contributed by atoms with Crippen molar-refractivity contribution in [3.05, 3.63) is 58.1 Å². The van der Waals surface area contributed by atoms with Crippen LogP contribution in [0.15, 0.2) is 46.9 Å². The Labute approximate surface area is 225 Å². The van der Waals surface area contributed by atoms with Crippen molar-refractivity contribution in [2.75, 3.05) is 0 Å². The molecule has 0 amide bonds. The molecule has 0 bridgehead atoms. The van der Waals surface area contributed by atoms with E-state index in [4.69, 9.17) is 0 Å². The van der Waals surface area contributed by atoms with Gasteiger partial charge in [0.2, 0.25) is 0 Å². The normalized spacial score (nSPS) is 16.4. The van der Waals surface area contributed by atoms with E-state index < -0.39 is 34.5 Å². The van der Waals surface area contributed by atoms with Crippen LogP contribution in [-0.2, 0) is 22.2 Å². The Hall–Kier alpha value is -2.57. The number of Topliss-reactive ketones (excluding diaryl/α,β-unsaturated/α-hetero) is 2. The van der Waals surface area contributed by atoms with Crippen molar-refractivity contribution in [3.63, 3.8) is 0 Å². The van der Waals surface area contributed by atoms with Gasteiger partial charge < -0.3 is 10.2 Å². The molecule has 0 fully saturated rings. The van der Waals surface area contributed by atoms with Gasteiger partial charge in [-0.05, 0) is 80.4 Å². The molecule has 0 saturated heterocycles. The molecule has 0 aromatic heterocycles. The highest BCUT2D eigenvalue weighted by Crippen LogP contribution is 2.48. The number of aliphatic hydroxyl groups excluding tert-OH is 2. The van der Waals surface area contributed by atoms with Crippen LogP contribution >= 0.6 is 0 Å². The number of carbonyl (C=O) groups excluding carboxylic acids is 2. The first-order chi connectivity index (χ1) is 17.6. The first-order valence-electron chi connectivity index (χ1n) is 13.7. The summed E-state index contributed by atoms with van der Waals surface area (Å²) in [5.41, 5.74) is -1.53. The van der Waals surface area contributed by atoms with Gasteiger partial charge in [-0.2, -0.15) is 13.2 Å². The predicted molar refractivity (Wildman–Crippen MR) is 144 cm³/mol. The molecule has 2 N–H and O–H groups in total. The molecule has 4 nitrogen and oxygen atoms in total. The van der Waals surface area contributed by atoms with Gasteiger partial charge in [-0.15, -0.1) is 0 Å². The average Bonchev–Trinajstić information content (AvgIpc) is 2.81. The zero-order chi connectivity index (χ0) is 28.8. The van der Waals surface area contributed by atoms with Crippen LogP contribution in [0.25, 0.3) is 0 Å².